The maximum Gasteiger partial charge on any atom is 0.0858 e. The average Bonchev–Trinajstić information content (AvgIpc) is 2.37. The minimum atomic E-state index is -0.140. The molecule has 0 radical (unpaired) electrons. The van der Waals surface area contributed by atoms with Gasteiger partial charge in [0.15, 0.2) is 0 Å². The molecule has 1 saturated heterocycles. The van der Waals surface area contributed by atoms with E-state index in [2.05, 4.69) is 0 Å². The first-order valence-electron chi connectivity index (χ1n) is 3.67. The molecule has 0 aromatic heterocycles. The van der Waals surface area contributed by atoms with E-state index in [0.717, 1.165) is 13.0 Å². The van der Waals surface area contributed by atoms with Gasteiger partial charge in [-0.25, -0.2) is 0 Å². The third kappa shape index (κ3) is 0.970. The van der Waals surface area contributed by atoms with Crippen molar-refractivity contribution in [1.29, 1.82) is 0 Å². The van der Waals surface area contributed by atoms with E-state index in [0.29, 0.717) is 5.92 Å². The summed E-state index contributed by atoms with van der Waals surface area (Å²) in [5.41, 5.74) is 0. The van der Waals surface area contributed by atoms with Gasteiger partial charge in [0.2, 0.25) is 0 Å². The Bertz CT molecular complexity index is 105. The third-order valence-electron chi connectivity index (χ3n) is 2.22. The largest absolute Gasteiger partial charge is 0.390 e. The summed E-state index contributed by atoms with van der Waals surface area (Å²) in [6, 6.07) is 0. The van der Waals surface area contributed by atoms with Crippen molar-refractivity contribution in [2.45, 2.75) is 31.5 Å². The highest BCUT2D eigenvalue weighted by Gasteiger charge is 2.38. The Labute approximate surface area is 54.8 Å². The Morgan fingerprint density at radius 1 is 1.33 bits per heavy atom. The van der Waals surface area contributed by atoms with Crippen molar-refractivity contribution in [2.24, 2.45) is 5.92 Å². The fraction of sp³-hybridized carbons (Fsp3) is 1.00. The number of aliphatic hydroxyl groups excluding tert-OH is 1. The zero-order valence-corrected chi connectivity index (χ0v) is 5.42. The van der Waals surface area contributed by atoms with Gasteiger partial charge in [-0.05, 0) is 25.2 Å². The van der Waals surface area contributed by atoms with Gasteiger partial charge < -0.3 is 9.84 Å². The summed E-state index contributed by atoms with van der Waals surface area (Å²) in [5.74, 6) is 0.579. The summed E-state index contributed by atoms with van der Waals surface area (Å²) in [5, 5.41) is 9.38. The van der Waals surface area contributed by atoms with Gasteiger partial charge in [0.25, 0.3) is 0 Å². The molecule has 0 bridgehead atoms. The number of ether oxygens (including phenoxy) is 1. The molecule has 1 heterocycles. The van der Waals surface area contributed by atoms with Crippen LogP contribution in [0, 0.1) is 5.92 Å². The van der Waals surface area contributed by atoms with E-state index in [1.54, 1.807) is 0 Å². The van der Waals surface area contributed by atoms with E-state index in [1.807, 2.05) is 0 Å². The van der Waals surface area contributed by atoms with E-state index in [-0.39, 0.29) is 12.2 Å². The van der Waals surface area contributed by atoms with Gasteiger partial charge in [0, 0.05) is 6.61 Å². The Hall–Kier alpha value is -0.0800. The summed E-state index contributed by atoms with van der Waals surface area (Å²) >= 11 is 0. The van der Waals surface area contributed by atoms with Crippen molar-refractivity contribution in [3.63, 3.8) is 0 Å². The Morgan fingerprint density at radius 2 is 2.00 bits per heavy atom. The molecule has 0 aromatic rings. The summed E-state index contributed by atoms with van der Waals surface area (Å²) in [6.45, 7) is 0.856. The summed E-state index contributed by atoms with van der Waals surface area (Å²) in [6.07, 6.45) is 3.54. The van der Waals surface area contributed by atoms with Gasteiger partial charge in [0.1, 0.15) is 0 Å². The molecule has 2 rings (SSSR count). The molecule has 1 aliphatic heterocycles. The number of aliphatic hydroxyl groups is 1. The van der Waals surface area contributed by atoms with Crippen molar-refractivity contribution >= 4 is 0 Å². The number of hydrogen-bond acceptors (Lipinski definition) is 2. The lowest BCUT2D eigenvalue weighted by molar-refractivity contribution is -0.122. The fourth-order valence-corrected chi connectivity index (χ4v) is 1.26. The summed E-state index contributed by atoms with van der Waals surface area (Å²) in [4.78, 5) is 0. The van der Waals surface area contributed by atoms with Crippen LogP contribution in [0.25, 0.3) is 0 Å². The molecule has 9 heavy (non-hydrogen) atoms. The smallest absolute Gasteiger partial charge is 0.0858 e. The third-order valence-corrected chi connectivity index (χ3v) is 2.22. The molecule has 2 heteroatoms. The molecule has 1 aliphatic carbocycles. The molecule has 0 spiro atoms. The molecular weight excluding hydrogens is 116 g/mol. The fourth-order valence-electron chi connectivity index (χ4n) is 1.26. The molecular formula is C7H12O2. The molecule has 1 N–H and O–H groups in total. The minimum absolute atomic E-state index is 0.140. The zero-order chi connectivity index (χ0) is 6.27. The van der Waals surface area contributed by atoms with Crippen LogP contribution in [-0.4, -0.2) is 23.9 Å². The van der Waals surface area contributed by atoms with Crippen LogP contribution in [0.15, 0.2) is 0 Å². The molecule has 1 saturated carbocycles. The highest BCUT2D eigenvalue weighted by molar-refractivity contribution is 4.88. The van der Waals surface area contributed by atoms with Crippen LogP contribution >= 0.6 is 0 Å². The van der Waals surface area contributed by atoms with Crippen LogP contribution in [0.2, 0.25) is 0 Å². The van der Waals surface area contributed by atoms with Crippen LogP contribution in [-0.2, 0) is 4.74 Å². The van der Waals surface area contributed by atoms with E-state index >= 15 is 0 Å². The van der Waals surface area contributed by atoms with Gasteiger partial charge in [-0.2, -0.15) is 0 Å². The van der Waals surface area contributed by atoms with Crippen molar-refractivity contribution < 1.29 is 9.84 Å². The molecule has 52 valence electrons. The van der Waals surface area contributed by atoms with Crippen molar-refractivity contribution in [3.05, 3.63) is 0 Å². The second-order valence-corrected chi connectivity index (χ2v) is 3.03. The van der Waals surface area contributed by atoms with Gasteiger partial charge in [-0.15, -0.1) is 0 Å². The highest BCUT2D eigenvalue weighted by atomic mass is 16.5. The minimum Gasteiger partial charge on any atom is -0.390 e. The van der Waals surface area contributed by atoms with Gasteiger partial charge in [-0.3, -0.25) is 0 Å². The van der Waals surface area contributed by atoms with Crippen LogP contribution in [0.1, 0.15) is 19.3 Å². The SMILES string of the molecule is OC(C1CC1)C1CCO1. The normalized spacial score (nSPS) is 37.7. The van der Waals surface area contributed by atoms with Crippen LogP contribution in [0.5, 0.6) is 0 Å². The van der Waals surface area contributed by atoms with Crippen LogP contribution in [0.3, 0.4) is 0 Å². The molecule has 2 fully saturated rings. The van der Waals surface area contributed by atoms with Crippen LogP contribution < -0.4 is 0 Å². The first kappa shape index (κ1) is 5.69. The van der Waals surface area contributed by atoms with E-state index < -0.39 is 0 Å². The van der Waals surface area contributed by atoms with Gasteiger partial charge >= 0.3 is 0 Å². The van der Waals surface area contributed by atoms with Crippen molar-refractivity contribution in [2.75, 3.05) is 6.61 Å². The molecule has 0 amide bonds. The maximum atomic E-state index is 9.38. The lowest BCUT2D eigenvalue weighted by atomic mass is 10.0. The van der Waals surface area contributed by atoms with Crippen molar-refractivity contribution in [3.8, 4) is 0 Å². The van der Waals surface area contributed by atoms with Crippen molar-refractivity contribution in [1.82, 2.24) is 0 Å². The second kappa shape index (κ2) is 1.96. The molecule has 2 aliphatic rings. The molecule has 0 aromatic carbocycles. The Kier molecular flexibility index (Phi) is 1.24. The molecule has 2 nitrogen and oxygen atoms in total. The van der Waals surface area contributed by atoms with E-state index in [1.165, 1.54) is 12.8 Å². The monoisotopic (exact) mass is 128 g/mol. The Morgan fingerprint density at radius 3 is 2.33 bits per heavy atom. The number of hydrogen-bond donors (Lipinski definition) is 1. The quantitative estimate of drug-likeness (QED) is 0.588. The topological polar surface area (TPSA) is 29.5 Å². The Balaban J connectivity index is 1.81. The standard InChI is InChI=1S/C7H12O2/c8-7(5-1-2-5)6-3-4-9-6/h5-8H,1-4H2. The number of rotatable bonds is 2. The second-order valence-electron chi connectivity index (χ2n) is 3.03. The zero-order valence-electron chi connectivity index (χ0n) is 5.42. The van der Waals surface area contributed by atoms with Crippen LogP contribution in [0.4, 0.5) is 0 Å². The predicted octanol–water partition coefficient (Wildman–Crippen LogP) is 0.546. The summed E-state index contributed by atoms with van der Waals surface area (Å²) in [7, 11) is 0. The molecule has 2 unspecified atom stereocenters. The lowest BCUT2D eigenvalue weighted by Gasteiger charge is -2.30. The maximum absolute atomic E-state index is 9.38. The predicted molar refractivity (Wildman–Crippen MR) is 33.1 cm³/mol. The highest BCUT2D eigenvalue weighted by Crippen LogP contribution is 2.36. The van der Waals surface area contributed by atoms with E-state index in [9.17, 15) is 5.11 Å². The van der Waals surface area contributed by atoms with E-state index in [4.69, 9.17) is 4.74 Å². The first-order valence-corrected chi connectivity index (χ1v) is 3.67. The summed E-state index contributed by atoms with van der Waals surface area (Å²) < 4.78 is 5.14. The lowest BCUT2D eigenvalue weighted by Crippen LogP contribution is -2.39. The first-order chi connectivity index (χ1) is 4.38. The molecule has 2 atom stereocenters. The van der Waals surface area contributed by atoms with Gasteiger partial charge in [0.05, 0.1) is 12.2 Å². The van der Waals surface area contributed by atoms with Gasteiger partial charge in [-0.1, -0.05) is 0 Å². The average molecular weight is 128 g/mol.